The van der Waals surface area contributed by atoms with Crippen molar-refractivity contribution in [1.82, 2.24) is 9.78 Å². The Hall–Kier alpha value is -1.66. The van der Waals surface area contributed by atoms with Crippen LogP contribution in [-0.2, 0) is 0 Å². The van der Waals surface area contributed by atoms with Crippen LogP contribution < -0.4 is 5.73 Å². The topological polar surface area (TPSA) is 81.1 Å². The molecule has 0 bridgehead atoms. The average molecular weight is 310 g/mol. The first-order valence-electron chi connectivity index (χ1n) is 5.31. The Kier molecular flexibility index (Phi) is 3.49. The van der Waals surface area contributed by atoms with Crippen molar-refractivity contribution in [2.45, 2.75) is 13.0 Å². The predicted octanol–water partition coefficient (Wildman–Crippen LogP) is 1.79. The van der Waals surface area contributed by atoms with Crippen molar-refractivity contribution in [3.63, 3.8) is 0 Å². The number of nitrogens with two attached hydrogens (primary N) is 1. The van der Waals surface area contributed by atoms with E-state index in [9.17, 15) is 9.90 Å². The minimum Gasteiger partial charge on any atom is -0.389 e. The Morgan fingerprint density at radius 1 is 1.56 bits per heavy atom. The molecule has 1 heterocycles. The van der Waals surface area contributed by atoms with E-state index in [1.54, 1.807) is 23.9 Å². The van der Waals surface area contributed by atoms with Crippen LogP contribution in [0, 0.1) is 0 Å². The summed E-state index contributed by atoms with van der Waals surface area (Å²) < 4.78 is 2.34. The van der Waals surface area contributed by atoms with E-state index in [0.29, 0.717) is 5.56 Å². The maximum Gasteiger partial charge on any atom is 0.251 e. The highest BCUT2D eigenvalue weighted by Crippen LogP contribution is 2.25. The molecule has 0 aliphatic heterocycles. The summed E-state index contributed by atoms with van der Waals surface area (Å²) in [6.07, 6.45) is 2.43. The quantitative estimate of drug-likeness (QED) is 0.907. The second-order valence-corrected chi connectivity index (χ2v) is 4.77. The summed E-state index contributed by atoms with van der Waals surface area (Å²) in [5.74, 6) is -0.513. The molecule has 0 fully saturated rings. The van der Waals surface area contributed by atoms with Gasteiger partial charge in [-0.2, -0.15) is 5.10 Å². The number of carbonyl (C=O) groups is 1. The third-order valence-electron chi connectivity index (χ3n) is 2.57. The number of rotatable bonds is 3. The molecule has 94 valence electrons. The Balaban J connectivity index is 2.39. The molecule has 18 heavy (non-hydrogen) atoms. The molecule has 0 spiro atoms. The fourth-order valence-electron chi connectivity index (χ4n) is 1.59. The minimum absolute atomic E-state index is 0.353. The van der Waals surface area contributed by atoms with Gasteiger partial charge in [0, 0.05) is 10.7 Å². The van der Waals surface area contributed by atoms with Gasteiger partial charge in [0.2, 0.25) is 0 Å². The normalized spacial score (nSPS) is 12.4. The summed E-state index contributed by atoms with van der Waals surface area (Å²) in [6, 6.07) is 5.43. The summed E-state index contributed by atoms with van der Waals surface area (Å²) >= 11 is 3.39. The number of primary amides is 1. The van der Waals surface area contributed by atoms with E-state index >= 15 is 0 Å². The maximum atomic E-state index is 11.0. The van der Waals surface area contributed by atoms with Crippen molar-refractivity contribution in [2.24, 2.45) is 5.73 Å². The van der Waals surface area contributed by atoms with Crippen LogP contribution >= 0.6 is 15.9 Å². The van der Waals surface area contributed by atoms with Gasteiger partial charge >= 0.3 is 0 Å². The van der Waals surface area contributed by atoms with E-state index in [-0.39, 0.29) is 0 Å². The number of amides is 1. The van der Waals surface area contributed by atoms with Crippen LogP contribution in [0.3, 0.4) is 0 Å². The summed E-state index contributed by atoms with van der Waals surface area (Å²) in [7, 11) is 0. The third-order valence-corrected chi connectivity index (χ3v) is 3.25. The molecule has 2 rings (SSSR count). The smallest absolute Gasteiger partial charge is 0.251 e. The number of hydrogen-bond acceptors (Lipinski definition) is 3. The lowest BCUT2D eigenvalue weighted by Gasteiger charge is -2.09. The van der Waals surface area contributed by atoms with E-state index in [2.05, 4.69) is 21.0 Å². The molecule has 0 saturated carbocycles. The molecule has 0 aliphatic rings. The molecule has 0 saturated heterocycles. The standard InChI is InChI=1S/C12H12BrN3O2/c1-7(17)10-3-2-9(4-11(10)13)16-6-8(5-15-16)12(14)18/h2-7,17H,1H3,(H2,14,18)/t7-/m1/s1. The number of hydrogen-bond donors (Lipinski definition) is 2. The molecule has 0 radical (unpaired) electrons. The zero-order chi connectivity index (χ0) is 13.3. The lowest BCUT2D eigenvalue weighted by atomic mass is 10.1. The van der Waals surface area contributed by atoms with Crippen LogP contribution in [0.4, 0.5) is 0 Å². The summed E-state index contributed by atoms with van der Waals surface area (Å²) in [4.78, 5) is 11.0. The highest BCUT2D eigenvalue weighted by molar-refractivity contribution is 9.10. The van der Waals surface area contributed by atoms with Crippen LogP contribution in [0.25, 0.3) is 5.69 Å². The second kappa shape index (κ2) is 4.91. The lowest BCUT2D eigenvalue weighted by molar-refractivity contribution is 0.100. The molecular weight excluding hydrogens is 298 g/mol. The first-order chi connectivity index (χ1) is 8.49. The van der Waals surface area contributed by atoms with Gasteiger partial charge < -0.3 is 10.8 Å². The van der Waals surface area contributed by atoms with Gasteiger partial charge in [0.15, 0.2) is 0 Å². The van der Waals surface area contributed by atoms with Gasteiger partial charge in [-0.05, 0) is 24.6 Å². The highest BCUT2D eigenvalue weighted by Gasteiger charge is 2.09. The first kappa shape index (κ1) is 12.8. The molecule has 1 amide bonds. The first-order valence-corrected chi connectivity index (χ1v) is 6.10. The molecular formula is C12H12BrN3O2. The van der Waals surface area contributed by atoms with Gasteiger partial charge in [0.25, 0.3) is 5.91 Å². The minimum atomic E-state index is -0.549. The number of aliphatic hydroxyl groups excluding tert-OH is 1. The van der Waals surface area contributed by atoms with Gasteiger partial charge in [-0.1, -0.05) is 22.0 Å². The molecule has 0 unspecified atom stereocenters. The van der Waals surface area contributed by atoms with Gasteiger partial charge in [-0.15, -0.1) is 0 Å². The molecule has 1 aromatic carbocycles. The van der Waals surface area contributed by atoms with Crippen LogP contribution in [0.15, 0.2) is 35.1 Å². The van der Waals surface area contributed by atoms with E-state index in [1.807, 2.05) is 12.1 Å². The van der Waals surface area contributed by atoms with Gasteiger partial charge in [-0.3, -0.25) is 4.79 Å². The molecule has 0 aliphatic carbocycles. The number of halogens is 1. The van der Waals surface area contributed by atoms with Gasteiger partial charge in [-0.25, -0.2) is 4.68 Å². The van der Waals surface area contributed by atoms with Crippen molar-refractivity contribution in [2.75, 3.05) is 0 Å². The molecule has 6 heteroatoms. The zero-order valence-electron chi connectivity index (χ0n) is 9.67. The SMILES string of the molecule is C[C@@H](O)c1ccc(-n2cc(C(N)=O)cn2)cc1Br. The Morgan fingerprint density at radius 3 is 2.78 bits per heavy atom. The van der Waals surface area contributed by atoms with Crippen LogP contribution in [0.1, 0.15) is 28.9 Å². The van der Waals surface area contributed by atoms with E-state index < -0.39 is 12.0 Å². The van der Waals surface area contributed by atoms with Crippen LogP contribution in [0.5, 0.6) is 0 Å². The fourth-order valence-corrected chi connectivity index (χ4v) is 2.29. The summed E-state index contributed by atoms with van der Waals surface area (Å²) in [5.41, 5.74) is 7.09. The van der Waals surface area contributed by atoms with Crippen molar-refractivity contribution in [1.29, 1.82) is 0 Å². The van der Waals surface area contributed by atoms with Crippen molar-refractivity contribution < 1.29 is 9.90 Å². The largest absolute Gasteiger partial charge is 0.389 e. The molecule has 1 atom stereocenters. The average Bonchev–Trinajstić information content (AvgIpc) is 2.77. The molecule has 1 aromatic heterocycles. The number of nitrogens with zero attached hydrogens (tertiary/aromatic N) is 2. The Morgan fingerprint density at radius 2 is 2.28 bits per heavy atom. The second-order valence-electron chi connectivity index (χ2n) is 3.92. The van der Waals surface area contributed by atoms with Crippen molar-refractivity contribution >= 4 is 21.8 Å². The summed E-state index contributed by atoms with van der Waals surface area (Å²) in [6.45, 7) is 1.69. The number of aliphatic hydroxyl groups is 1. The van der Waals surface area contributed by atoms with Crippen molar-refractivity contribution in [3.8, 4) is 5.69 Å². The third kappa shape index (κ3) is 2.44. The zero-order valence-corrected chi connectivity index (χ0v) is 11.3. The van der Waals surface area contributed by atoms with Crippen LogP contribution in [0.2, 0.25) is 0 Å². The van der Waals surface area contributed by atoms with E-state index in [1.165, 1.54) is 6.20 Å². The monoisotopic (exact) mass is 309 g/mol. The van der Waals surface area contributed by atoms with Crippen LogP contribution in [-0.4, -0.2) is 20.8 Å². The highest BCUT2D eigenvalue weighted by atomic mass is 79.9. The molecule has 2 aromatic rings. The number of carbonyl (C=O) groups excluding carboxylic acids is 1. The Labute approximate surface area is 112 Å². The Bertz CT molecular complexity index is 593. The van der Waals surface area contributed by atoms with E-state index in [4.69, 9.17) is 5.73 Å². The number of benzene rings is 1. The van der Waals surface area contributed by atoms with Crippen molar-refractivity contribution in [3.05, 3.63) is 46.2 Å². The van der Waals surface area contributed by atoms with Gasteiger partial charge in [0.1, 0.15) is 0 Å². The maximum absolute atomic E-state index is 11.0. The van der Waals surface area contributed by atoms with Gasteiger partial charge in [0.05, 0.1) is 23.6 Å². The van der Waals surface area contributed by atoms with E-state index in [0.717, 1.165) is 15.7 Å². The fraction of sp³-hybridized carbons (Fsp3) is 0.167. The summed E-state index contributed by atoms with van der Waals surface area (Å²) in [5, 5.41) is 13.6. The predicted molar refractivity (Wildman–Crippen MR) is 70.4 cm³/mol. The number of aromatic nitrogens is 2. The lowest BCUT2D eigenvalue weighted by Crippen LogP contribution is -2.09. The molecule has 5 nitrogen and oxygen atoms in total. The molecule has 3 N–H and O–H groups in total.